The summed E-state index contributed by atoms with van der Waals surface area (Å²) in [5, 5.41) is 2.53. The molecule has 2 N–H and O–H groups in total. The second kappa shape index (κ2) is 8.39. The van der Waals surface area contributed by atoms with Crippen LogP contribution in [0, 0.1) is 0 Å². The lowest BCUT2D eigenvalue weighted by Crippen LogP contribution is -2.41. The number of benzene rings is 1. The molecular formula is C16H26N2O6S. The number of ether oxygens (including phenoxy) is 3. The molecule has 25 heavy (non-hydrogen) atoms. The van der Waals surface area contributed by atoms with Crippen LogP contribution < -0.4 is 19.5 Å². The zero-order valence-corrected chi connectivity index (χ0v) is 16.2. The number of hydrogen-bond donors (Lipinski definition) is 2. The van der Waals surface area contributed by atoms with Gasteiger partial charge in [-0.15, -0.1) is 0 Å². The van der Waals surface area contributed by atoms with Crippen molar-refractivity contribution in [3.8, 4) is 11.5 Å². The highest BCUT2D eigenvalue weighted by Crippen LogP contribution is 2.33. The van der Waals surface area contributed by atoms with Gasteiger partial charge in [-0.25, -0.2) is 17.9 Å². The first-order valence-electron chi connectivity index (χ1n) is 7.64. The minimum absolute atomic E-state index is 0.0757. The molecule has 0 aliphatic carbocycles. The monoisotopic (exact) mass is 374 g/mol. The molecule has 0 aromatic heterocycles. The summed E-state index contributed by atoms with van der Waals surface area (Å²) in [6.45, 7) is 5.47. The minimum Gasteiger partial charge on any atom is -0.493 e. The van der Waals surface area contributed by atoms with Crippen LogP contribution in [-0.4, -0.2) is 47.9 Å². The number of rotatable bonds is 7. The van der Waals surface area contributed by atoms with Crippen LogP contribution in [0.15, 0.2) is 17.0 Å². The van der Waals surface area contributed by atoms with E-state index in [1.165, 1.54) is 27.4 Å². The molecular weight excluding hydrogens is 348 g/mol. The Bertz CT molecular complexity index is 710. The molecule has 1 rings (SSSR count). The molecule has 0 saturated heterocycles. The number of nitrogens with one attached hydrogen (secondary N) is 2. The number of carbonyl (C=O) groups excluding carboxylic acids is 1. The van der Waals surface area contributed by atoms with E-state index in [1.54, 1.807) is 26.8 Å². The van der Waals surface area contributed by atoms with E-state index in [0.29, 0.717) is 17.1 Å². The van der Waals surface area contributed by atoms with Crippen LogP contribution in [0.3, 0.4) is 0 Å². The summed E-state index contributed by atoms with van der Waals surface area (Å²) in [5.41, 5.74) is -0.154. The molecule has 142 valence electrons. The molecule has 0 bridgehead atoms. The number of hydrogen-bond acceptors (Lipinski definition) is 6. The largest absolute Gasteiger partial charge is 0.493 e. The summed E-state index contributed by atoms with van der Waals surface area (Å²) in [6.07, 6.45) is -0.312. The fraction of sp³-hybridized carbons (Fsp3) is 0.562. The second-order valence-electron chi connectivity index (χ2n) is 6.34. The van der Waals surface area contributed by atoms with Crippen molar-refractivity contribution in [2.75, 3.05) is 27.9 Å². The van der Waals surface area contributed by atoms with Gasteiger partial charge in [-0.2, -0.15) is 0 Å². The fourth-order valence-corrected chi connectivity index (χ4v) is 3.86. The predicted octanol–water partition coefficient (Wildman–Crippen LogP) is 1.68. The normalized spacial score (nSPS) is 11.8. The van der Waals surface area contributed by atoms with Crippen LogP contribution >= 0.6 is 0 Å². The summed E-state index contributed by atoms with van der Waals surface area (Å²) >= 11 is 0. The first-order chi connectivity index (χ1) is 11.5. The molecule has 0 radical (unpaired) electrons. The van der Waals surface area contributed by atoms with E-state index in [9.17, 15) is 13.2 Å². The van der Waals surface area contributed by atoms with Crippen LogP contribution in [0.25, 0.3) is 0 Å². The number of alkyl carbamates (subject to hydrolysis) is 1. The zero-order valence-electron chi connectivity index (χ0n) is 15.4. The maximum Gasteiger partial charge on any atom is 0.406 e. The van der Waals surface area contributed by atoms with Crippen molar-refractivity contribution in [3.05, 3.63) is 17.7 Å². The fourth-order valence-electron chi connectivity index (χ4n) is 2.18. The average Bonchev–Trinajstić information content (AvgIpc) is 2.51. The van der Waals surface area contributed by atoms with Crippen molar-refractivity contribution in [1.29, 1.82) is 0 Å². The van der Waals surface area contributed by atoms with Crippen molar-refractivity contribution in [1.82, 2.24) is 10.0 Å². The number of carbonyl (C=O) groups is 1. The molecule has 0 unspecified atom stereocenters. The molecule has 8 nitrogen and oxygen atoms in total. The third kappa shape index (κ3) is 6.09. The summed E-state index contributed by atoms with van der Waals surface area (Å²) in [4.78, 5) is 11.3. The van der Waals surface area contributed by atoms with E-state index in [0.717, 1.165) is 0 Å². The quantitative estimate of drug-likeness (QED) is 0.753. The Morgan fingerprint density at radius 3 is 2.12 bits per heavy atom. The maximum atomic E-state index is 12.8. The average molecular weight is 374 g/mol. The number of sulfonamides is 1. The van der Waals surface area contributed by atoms with Crippen LogP contribution in [0.4, 0.5) is 4.79 Å². The molecule has 0 atom stereocenters. The smallest absolute Gasteiger partial charge is 0.406 e. The summed E-state index contributed by atoms with van der Waals surface area (Å²) in [5.74, 6) is 0.715. The van der Waals surface area contributed by atoms with Gasteiger partial charge in [0.25, 0.3) is 0 Å². The highest BCUT2D eigenvalue weighted by Gasteiger charge is 2.26. The summed E-state index contributed by atoms with van der Waals surface area (Å²) < 4.78 is 43.1. The van der Waals surface area contributed by atoms with Crippen molar-refractivity contribution in [3.63, 3.8) is 0 Å². The third-order valence-corrected chi connectivity index (χ3v) is 4.99. The minimum atomic E-state index is -3.79. The van der Waals surface area contributed by atoms with Crippen molar-refractivity contribution in [2.24, 2.45) is 0 Å². The lowest BCUT2D eigenvalue weighted by molar-refractivity contribution is 0.171. The Balaban J connectivity index is 3.29. The molecule has 1 aromatic carbocycles. The van der Waals surface area contributed by atoms with Gasteiger partial charge in [0.1, 0.15) is 0 Å². The van der Waals surface area contributed by atoms with Gasteiger partial charge in [-0.05, 0) is 38.8 Å². The zero-order chi connectivity index (χ0) is 19.3. The summed E-state index contributed by atoms with van der Waals surface area (Å²) in [7, 11) is 0.369. The van der Waals surface area contributed by atoms with Crippen molar-refractivity contribution >= 4 is 16.1 Å². The molecule has 9 heteroatoms. The second-order valence-corrected chi connectivity index (χ2v) is 7.99. The Labute approximate surface area is 148 Å². The highest BCUT2D eigenvalue weighted by atomic mass is 32.2. The van der Waals surface area contributed by atoms with Crippen LogP contribution in [-0.2, 0) is 21.2 Å². The molecule has 0 heterocycles. The predicted molar refractivity (Wildman–Crippen MR) is 93.7 cm³/mol. The third-order valence-electron chi connectivity index (χ3n) is 3.15. The SMILES string of the molecule is COC(=O)NCCc1cc(OC)c(OC)cc1S(=O)(=O)NC(C)(C)C. The van der Waals surface area contributed by atoms with Crippen molar-refractivity contribution in [2.45, 2.75) is 37.6 Å². The molecule has 0 saturated carbocycles. The van der Waals surface area contributed by atoms with Gasteiger partial charge < -0.3 is 19.5 Å². The molecule has 1 aromatic rings. The van der Waals surface area contributed by atoms with Crippen molar-refractivity contribution < 1.29 is 27.4 Å². The lowest BCUT2D eigenvalue weighted by atomic mass is 10.1. The van der Waals surface area contributed by atoms with E-state index in [-0.39, 0.29) is 17.9 Å². The first kappa shape index (κ1) is 21.0. The topological polar surface area (TPSA) is 103 Å². The Morgan fingerprint density at radius 2 is 1.64 bits per heavy atom. The van der Waals surface area contributed by atoms with E-state index < -0.39 is 21.7 Å². The van der Waals surface area contributed by atoms with E-state index in [4.69, 9.17) is 9.47 Å². The van der Waals surface area contributed by atoms with E-state index in [2.05, 4.69) is 14.8 Å². The number of amides is 1. The summed E-state index contributed by atoms with van der Waals surface area (Å²) in [6, 6.07) is 3.01. The Kier molecular flexibility index (Phi) is 7.06. The Hall–Kier alpha value is -2.00. The molecule has 0 aliphatic rings. The molecule has 0 aliphatic heterocycles. The van der Waals surface area contributed by atoms with E-state index in [1.807, 2.05) is 0 Å². The highest BCUT2D eigenvalue weighted by molar-refractivity contribution is 7.89. The van der Waals surface area contributed by atoms with Crippen LogP contribution in [0.2, 0.25) is 0 Å². The van der Waals surface area contributed by atoms with Crippen LogP contribution in [0.1, 0.15) is 26.3 Å². The van der Waals surface area contributed by atoms with E-state index >= 15 is 0 Å². The van der Waals surface area contributed by atoms with Gasteiger partial charge in [-0.1, -0.05) is 0 Å². The van der Waals surface area contributed by atoms with Gasteiger partial charge in [0, 0.05) is 18.2 Å². The van der Waals surface area contributed by atoms with Gasteiger partial charge in [-0.3, -0.25) is 0 Å². The van der Waals surface area contributed by atoms with Gasteiger partial charge in [0.15, 0.2) is 11.5 Å². The number of methoxy groups -OCH3 is 3. The maximum absolute atomic E-state index is 12.8. The Morgan fingerprint density at radius 1 is 1.08 bits per heavy atom. The van der Waals surface area contributed by atoms with Gasteiger partial charge >= 0.3 is 6.09 Å². The lowest BCUT2D eigenvalue weighted by Gasteiger charge is -2.22. The molecule has 0 spiro atoms. The molecule has 1 amide bonds. The van der Waals surface area contributed by atoms with Gasteiger partial charge in [0.05, 0.1) is 26.2 Å². The molecule has 0 fully saturated rings. The van der Waals surface area contributed by atoms with Gasteiger partial charge in [0.2, 0.25) is 10.0 Å². The standard InChI is InChI=1S/C16H26N2O6S/c1-16(2,3)18-25(20,21)14-10-13(23-5)12(22-4)9-11(14)7-8-17-15(19)24-6/h9-10,18H,7-8H2,1-6H3,(H,17,19). The van der Waals surface area contributed by atoms with Crippen LogP contribution in [0.5, 0.6) is 11.5 Å². The first-order valence-corrected chi connectivity index (χ1v) is 9.13.